The van der Waals surface area contributed by atoms with E-state index in [9.17, 15) is 0 Å². The van der Waals surface area contributed by atoms with Crippen LogP contribution in [0.25, 0.3) is 0 Å². The van der Waals surface area contributed by atoms with Gasteiger partial charge in [-0.3, -0.25) is 0 Å². The molecule has 0 bridgehead atoms. The number of thiocarbonyl (C=S) groups is 1. The van der Waals surface area contributed by atoms with Gasteiger partial charge in [0, 0.05) is 17.8 Å². The lowest BCUT2D eigenvalue weighted by atomic mass is 10.1. The van der Waals surface area contributed by atoms with E-state index in [1.54, 1.807) is 0 Å². The molecule has 0 aliphatic carbocycles. The highest BCUT2D eigenvalue weighted by Crippen LogP contribution is 2.10. The summed E-state index contributed by atoms with van der Waals surface area (Å²) < 4.78 is 0. The van der Waals surface area contributed by atoms with Crippen LogP contribution in [-0.2, 0) is 6.42 Å². The SMILES string of the molecule is Cc1ccc(NC(=S)NCCCc2ccc(Cl)cc2)nc1. The highest BCUT2D eigenvalue weighted by atomic mass is 35.5. The topological polar surface area (TPSA) is 37.0 Å². The van der Waals surface area contributed by atoms with Crippen molar-refractivity contribution >= 4 is 34.7 Å². The van der Waals surface area contributed by atoms with Crippen molar-refractivity contribution in [2.24, 2.45) is 0 Å². The first-order valence-electron chi connectivity index (χ1n) is 6.85. The molecule has 1 aromatic heterocycles. The number of aryl methyl sites for hydroxylation is 2. The monoisotopic (exact) mass is 319 g/mol. The molecule has 0 fully saturated rings. The minimum absolute atomic E-state index is 0.599. The third kappa shape index (κ3) is 5.69. The van der Waals surface area contributed by atoms with Gasteiger partial charge in [-0.25, -0.2) is 4.98 Å². The standard InChI is InChI=1S/C16H18ClN3S/c1-12-4-9-15(19-11-12)20-16(21)18-10-2-3-13-5-7-14(17)8-6-13/h4-9,11H,2-3,10H2,1H3,(H2,18,19,20,21). The fourth-order valence-corrected chi connectivity index (χ4v) is 2.18. The van der Waals surface area contributed by atoms with Crippen LogP contribution in [-0.4, -0.2) is 16.6 Å². The van der Waals surface area contributed by atoms with E-state index in [1.807, 2.05) is 37.4 Å². The first-order valence-corrected chi connectivity index (χ1v) is 7.64. The molecule has 0 amide bonds. The molecule has 0 atom stereocenters. The Morgan fingerprint density at radius 3 is 2.62 bits per heavy atom. The Bertz CT molecular complexity index is 581. The zero-order valence-electron chi connectivity index (χ0n) is 11.9. The van der Waals surface area contributed by atoms with E-state index in [-0.39, 0.29) is 0 Å². The van der Waals surface area contributed by atoms with Gasteiger partial charge in [0.2, 0.25) is 0 Å². The van der Waals surface area contributed by atoms with E-state index in [0.717, 1.165) is 35.8 Å². The minimum Gasteiger partial charge on any atom is -0.362 e. The fraction of sp³-hybridized carbons (Fsp3) is 0.250. The van der Waals surface area contributed by atoms with Crippen molar-refractivity contribution in [1.82, 2.24) is 10.3 Å². The molecule has 3 nitrogen and oxygen atoms in total. The lowest BCUT2D eigenvalue weighted by Gasteiger charge is -2.10. The molecular weight excluding hydrogens is 302 g/mol. The molecule has 5 heteroatoms. The summed E-state index contributed by atoms with van der Waals surface area (Å²) in [7, 11) is 0. The van der Waals surface area contributed by atoms with Crippen molar-refractivity contribution < 1.29 is 0 Å². The summed E-state index contributed by atoms with van der Waals surface area (Å²) >= 11 is 11.1. The van der Waals surface area contributed by atoms with Gasteiger partial charge in [0.25, 0.3) is 0 Å². The summed E-state index contributed by atoms with van der Waals surface area (Å²) in [5, 5.41) is 7.62. The van der Waals surface area contributed by atoms with Gasteiger partial charge in [0.15, 0.2) is 5.11 Å². The number of nitrogens with zero attached hydrogens (tertiary/aromatic N) is 1. The third-order valence-electron chi connectivity index (χ3n) is 2.99. The van der Waals surface area contributed by atoms with E-state index in [4.69, 9.17) is 23.8 Å². The summed E-state index contributed by atoms with van der Waals surface area (Å²) in [6.45, 7) is 2.82. The number of rotatable bonds is 5. The Hall–Kier alpha value is -1.65. The van der Waals surface area contributed by atoms with Crippen LogP contribution in [0.4, 0.5) is 5.82 Å². The molecule has 1 heterocycles. The Balaban J connectivity index is 1.67. The highest BCUT2D eigenvalue weighted by Gasteiger charge is 1.99. The second kappa shape index (κ2) is 7.96. The van der Waals surface area contributed by atoms with Gasteiger partial charge in [-0.15, -0.1) is 0 Å². The van der Waals surface area contributed by atoms with Crippen LogP contribution in [0, 0.1) is 6.92 Å². The van der Waals surface area contributed by atoms with Crippen molar-refractivity contribution in [3.8, 4) is 0 Å². The Morgan fingerprint density at radius 2 is 1.95 bits per heavy atom. The molecule has 0 spiro atoms. The summed E-state index contributed by atoms with van der Waals surface area (Å²) in [5.41, 5.74) is 2.41. The van der Waals surface area contributed by atoms with Crippen LogP contribution in [0.1, 0.15) is 17.5 Å². The maximum absolute atomic E-state index is 5.86. The molecular formula is C16H18ClN3S. The lowest BCUT2D eigenvalue weighted by molar-refractivity contribution is 0.777. The average molecular weight is 320 g/mol. The number of pyridine rings is 1. The minimum atomic E-state index is 0.599. The van der Waals surface area contributed by atoms with E-state index < -0.39 is 0 Å². The van der Waals surface area contributed by atoms with Crippen LogP contribution >= 0.6 is 23.8 Å². The second-order valence-electron chi connectivity index (χ2n) is 4.83. The first kappa shape index (κ1) is 15.7. The molecule has 1 aromatic carbocycles. The van der Waals surface area contributed by atoms with Crippen molar-refractivity contribution in [2.45, 2.75) is 19.8 Å². The summed E-state index contributed by atoms with van der Waals surface area (Å²) in [5.74, 6) is 0.760. The molecule has 110 valence electrons. The van der Waals surface area contributed by atoms with Crippen LogP contribution in [0.2, 0.25) is 5.02 Å². The Labute approximate surface area is 135 Å². The Morgan fingerprint density at radius 1 is 1.19 bits per heavy atom. The summed E-state index contributed by atoms with van der Waals surface area (Å²) in [6.07, 6.45) is 3.81. The highest BCUT2D eigenvalue weighted by molar-refractivity contribution is 7.80. The predicted octanol–water partition coefficient (Wildman–Crippen LogP) is 3.96. The number of hydrogen-bond acceptors (Lipinski definition) is 2. The molecule has 2 N–H and O–H groups in total. The lowest BCUT2D eigenvalue weighted by Crippen LogP contribution is -2.29. The predicted molar refractivity (Wildman–Crippen MR) is 93.0 cm³/mol. The number of halogens is 1. The second-order valence-corrected chi connectivity index (χ2v) is 5.68. The molecule has 21 heavy (non-hydrogen) atoms. The number of hydrogen-bond donors (Lipinski definition) is 2. The normalized spacial score (nSPS) is 10.2. The van der Waals surface area contributed by atoms with Crippen molar-refractivity contribution in [3.63, 3.8) is 0 Å². The van der Waals surface area contributed by atoms with E-state index in [0.29, 0.717) is 5.11 Å². The van der Waals surface area contributed by atoms with Gasteiger partial charge in [-0.2, -0.15) is 0 Å². The van der Waals surface area contributed by atoms with Crippen LogP contribution in [0.3, 0.4) is 0 Å². The van der Waals surface area contributed by atoms with Gasteiger partial charge < -0.3 is 10.6 Å². The van der Waals surface area contributed by atoms with Crippen molar-refractivity contribution in [2.75, 3.05) is 11.9 Å². The maximum atomic E-state index is 5.86. The van der Waals surface area contributed by atoms with Gasteiger partial charge in [0.05, 0.1) is 0 Å². The van der Waals surface area contributed by atoms with Crippen LogP contribution in [0.15, 0.2) is 42.6 Å². The van der Waals surface area contributed by atoms with Gasteiger partial charge in [0.1, 0.15) is 5.82 Å². The first-order chi connectivity index (χ1) is 10.1. The number of benzene rings is 1. The summed E-state index contributed by atoms with van der Waals surface area (Å²) in [6, 6.07) is 11.8. The van der Waals surface area contributed by atoms with E-state index >= 15 is 0 Å². The molecule has 0 saturated carbocycles. The third-order valence-corrected chi connectivity index (χ3v) is 3.49. The summed E-state index contributed by atoms with van der Waals surface area (Å²) in [4.78, 5) is 4.25. The molecule has 2 rings (SSSR count). The zero-order chi connectivity index (χ0) is 15.1. The van der Waals surface area contributed by atoms with Gasteiger partial charge in [-0.1, -0.05) is 29.8 Å². The molecule has 0 unspecified atom stereocenters. The largest absolute Gasteiger partial charge is 0.362 e. The number of aromatic nitrogens is 1. The number of anilines is 1. The molecule has 0 aliphatic heterocycles. The quantitative estimate of drug-likeness (QED) is 0.646. The van der Waals surface area contributed by atoms with E-state index in [2.05, 4.69) is 27.8 Å². The fourth-order valence-electron chi connectivity index (χ4n) is 1.85. The molecule has 0 radical (unpaired) electrons. The zero-order valence-corrected chi connectivity index (χ0v) is 13.5. The maximum Gasteiger partial charge on any atom is 0.171 e. The van der Waals surface area contributed by atoms with Crippen LogP contribution < -0.4 is 10.6 Å². The molecule has 0 aliphatic rings. The number of nitrogens with one attached hydrogen (secondary N) is 2. The van der Waals surface area contributed by atoms with Gasteiger partial charge >= 0.3 is 0 Å². The van der Waals surface area contributed by atoms with Crippen molar-refractivity contribution in [3.05, 3.63) is 58.7 Å². The van der Waals surface area contributed by atoms with E-state index in [1.165, 1.54) is 5.56 Å². The van der Waals surface area contributed by atoms with Crippen molar-refractivity contribution in [1.29, 1.82) is 0 Å². The van der Waals surface area contributed by atoms with Crippen LogP contribution in [0.5, 0.6) is 0 Å². The average Bonchev–Trinajstić information content (AvgIpc) is 2.48. The molecule has 2 aromatic rings. The van der Waals surface area contributed by atoms with Gasteiger partial charge in [-0.05, 0) is 61.3 Å². The smallest absolute Gasteiger partial charge is 0.171 e. The Kier molecular flexibility index (Phi) is 5.96. The molecule has 0 saturated heterocycles.